The molecule has 28 heavy (non-hydrogen) atoms. The van der Waals surface area contributed by atoms with Crippen molar-refractivity contribution in [3.05, 3.63) is 47.6 Å². The molecule has 2 aromatic heterocycles. The molecule has 2 aromatic rings. The molecule has 0 bridgehead atoms. The molecule has 1 N–H and O–H groups in total. The molecule has 0 saturated heterocycles. The van der Waals surface area contributed by atoms with Gasteiger partial charge in [-0.15, -0.1) is 0 Å². The van der Waals surface area contributed by atoms with Gasteiger partial charge < -0.3 is 8.83 Å². The van der Waals surface area contributed by atoms with Crippen LogP contribution in [0.25, 0.3) is 6.08 Å². The Hall–Kier alpha value is -2.73. The molecule has 0 saturated carbocycles. The van der Waals surface area contributed by atoms with Crippen LogP contribution in [-0.4, -0.2) is 33.1 Å². The number of aliphatic imine (C=N–C) groups is 1. The third-order valence-electron chi connectivity index (χ3n) is 3.52. The van der Waals surface area contributed by atoms with E-state index in [1.807, 2.05) is 6.07 Å². The SMILES string of the molecule is N=C1/C(=C\c2ccc(SCc3ccco3)o2)C(=O)N=C2SC(C(F)(F)F)=NN12. The van der Waals surface area contributed by atoms with Gasteiger partial charge in [0.05, 0.1) is 17.6 Å². The van der Waals surface area contributed by atoms with Crippen LogP contribution in [0.5, 0.6) is 0 Å². The number of hydrogen-bond acceptors (Lipinski definition) is 7. The number of nitrogens with zero attached hydrogens (tertiary/aromatic N) is 3. The first-order valence-corrected chi connectivity index (χ1v) is 9.44. The molecule has 7 nitrogen and oxygen atoms in total. The van der Waals surface area contributed by atoms with E-state index in [2.05, 4.69) is 10.1 Å². The predicted octanol–water partition coefficient (Wildman–Crippen LogP) is 4.35. The molecular weight excluding hydrogens is 417 g/mol. The fraction of sp³-hybridized carbons (Fsp3) is 0.125. The van der Waals surface area contributed by atoms with Crippen molar-refractivity contribution in [1.82, 2.24) is 5.01 Å². The highest BCUT2D eigenvalue weighted by Gasteiger charge is 2.46. The van der Waals surface area contributed by atoms with Crippen LogP contribution in [0.4, 0.5) is 13.2 Å². The zero-order valence-corrected chi connectivity index (χ0v) is 15.3. The third kappa shape index (κ3) is 3.64. The summed E-state index contributed by atoms with van der Waals surface area (Å²) in [7, 11) is 0. The molecule has 0 spiro atoms. The summed E-state index contributed by atoms with van der Waals surface area (Å²) in [6.07, 6.45) is -1.86. The number of halogens is 3. The topological polar surface area (TPSA) is 95.2 Å². The van der Waals surface area contributed by atoms with Crippen molar-refractivity contribution >= 4 is 51.6 Å². The number of nitrogens with one attached hydrogen (secondary N) is 1. The zero-order chi connectivity index (χ0) is 19.9. The lowest BCUT2D eigenvalue weighted by atomic mass is 10.1. The van der Waals surface area contributed by atoms with Gasteiger partial charge in [-0.05, 0) is 42.1 Å². The molecule has 0 aliphatic carbocycles. The molecule has 4 rings (SSSR count). The molecule has 2 aliphatic heterocycles. The molecule has 0 atom stereocenters. The van der Waals surface area contributed by atoms with Crippen molar-refractivity contribution < 1.29 is 26.8 Å². The van der Waals surface area contributed by atoms with Gasteiger partial charge in [-0.25, -0.2) is 0 Å². The standard InChI is InChI=1S/C16H9F3N4O3S2/c17-16(18,19)14-22-23-12(20)10(13(24)21-15(23)28-14)6-8-3-4-11(26-8)27-7-9-2-1-5-25-9/h1-6,20H,7H2/b10-6+,20-12?. The average molecular weight is 426 g/mol. The second-order valence-corrected chi connectivity index (χ2v) is 7.38. The molecular formula is C16H9F3N4O3S2. The maximum Gasteiger partial charge on any atom is 0.441 e. The lowest BCUT2D eigenvalue weighted by Crippen LogP contribution is -2.35. The van der Waals surface area contributed by atoms with E-state index in [1.165, 1.54) is 17.8 Å². The number of rotatable bonds is 4. The zero-order valence-electron chi connectivity index (χ0n) is 13.7. The molecule has 1 amide bonds. The van der Waals surface area contributed by atoms with Gasteiger partial charge >= 0.3 is 6.18 Å². The van der Waals surface area contributed by atoms with E-state index in [-0.39, 0.29) is 28.3 Å². The van der Waals surface area contributed by atoms with Crippen LogP contribution in [0.1, 0.15) is 11.5 Å². The number of fused-ring (bicyclic) bond motifs is 1. The summed E-state index contributed by atoms with van der Waals surface area (Å²) in [5.41, 5.74) is -0.214. The summed E-state index contributed by atoms with van der Waals surface area (Å²) in [5.74, 6) is 0.239. The molecule has 0 radical (unpaired) electrons. The van der Waals surface area contributed by atoms with Crippen molar-refractivity contribution in [2.45, 2.75) is 17.0 Å². The Bertz CT molecular complexity index is 1040. The quantitative estimate of drug-likeness (QED) is 0.577. The first-order chi connectivity index (χ1) is 13.3. The Morgan fingerprint density at radius 1 is 1.32 bits per heavy atom. The Morgan fingerprint density at radius 2 is 2.14 bits per heavy atom. The van der Waals surface area contributed by atoms with Gasteiger partial charge in [0.15, 0.2) is 10.9 Å². The van der Waals surface area contributed by atoms with Crippen LogP contribution < -0.4 is 0 Å². The van der Waals surface area contributed by atoms with Crippen molar-refractivity contribution in [3.63, 3.8) is 0 Å². The van der Waals surface area contributed by atoms with Crippen LogP contribution in [0.2, 0.25) is 0 Å². The maximum atomic E-state index is 12.8. The number of furan rings is 2. The Kier molecular flexibility index (Phi) is 4.67. The van der Waals surface area contributed by atoms with Crippen molar-refractivity contribution in [2.24, 2.45) is 10.1 Å². The van der Waals surface area contributed by atoms with Gasteiger partial charge in [0, 0.05) is 0 Å². The van der Waals surface area contributed by atoms with Crippen LogP contribution >= 0.6 is 23.5 Å². The summed E-state index contributed by atoms with van der Waals surface area (Å²) in [6.45, 7) is 0. The van der Waals surface area contributed by atoms with Gasteiger partial charge in [-0.1, -0.05) is 11.8 Å². The second kappa shape index (κ2) is 7.02. The fourth-order valence-corrected chi connectivity index (χ4v) is 3.80. The average Bonchev–Trinajstić information content (AvgIpc) is 3.36. The molecule has 144 valence electrons. The number of thioether (sulfide) groups is 2. The van der Waals surface area contributed by atoms with Crippen LogP contribution in [0, 0.1) is 5.41 Å². The minimum atomic E-state index is -4.68. The number of amides is 1. The van der Waals surface area contributed by atoms with E-state index in [0.717, 1.165) is 5.76 Å². The monoisotopic (exact) mass is 426 g/mol. The summed E-state index contributed by atoms with van der Waals surface area (Å²) in [5, 5.41) is 11.1. The smallest absolute Gasteiger partial charge is 0.441 e. The van der Waals surface area contributed by atoms with Crippen LogP contribution in [0.15, 0.2) is 60.1 Å². The third-order valence-corrected chi connectivity index (χ3v) is 5.41. The predicted molar refractivity (Wildman–Crippen MR) is 98.0 cm³/mol. The number of amidine groups is 2. The molecule has 0 aromatic carbocycles. The van der Waals surface area contributed by atoms with E-state index in [9.17, 15) is 18.0 Å². The van der Waals surface area contributed by atoms with Gasteiger partial charge in [-0.2, -0.15) is 28.3 Å². The van der Waals surface area contributed by atoms with Crippen molar-refractivity contribution in [2.75, 3.05) is 0 Å². The molecule has 12 heteroatoms. The van der Waals surface area contributed by atoms with Gasteiger partial charge in [0.25, 0.3) is 5.91 Å². The van der Waals surface area contributed by atoms with Crippen LogP contribution in [0.3, 0.4) is 0 Å². The molecule has 0 unspecified atom stereocenters. The second-order valence-electron chi connectivity index (χ2n) is 5.45. The minimum absolute atomic E-state index is 0.203. The van der Waals surface area contributed by atoms with Crippen LogP contribution in [-0.2, 0) is 10.5 Å². The summed E-state index contributed by atoms with van der Waals surface area (Å²) >= 11 is 1.57. The fourth-order valence-electron chi connectivity index (χ4n) is 2.28. The van der Waals surface area contributed by atoms with E-state index in [4.69, 9.17) is 14.2 Å². The normalized spacial score (nSPS) is 18.5. The van der Waals surface area contributed by atoms with E-state index in [0.29, 0.717) is 15.9 Å². The highest BCUT2D eigenvalue weighted by Crippen LogP contribution is 2.35. The highest BCUT2D eigenvalue weighted by atomic mass is 32.2. The van der Waals surface area contributed by atoms with Crippen molar-refractivity contribution in [3.8, 4) is 0 Å². The van der Waals surface area contributed by atoms with Gasteiger partial charge in [0.2, 0.25) is 10.2 Å². The molecule has 4 heterocycles. The molecule has 2 aliphatic rings. The summed E-state index contributed by atoms with van der Waals surface area (Å²) in [4.78, 5) is 15.8. The Labute approximate surface area is 163 Å². The lowest BCUT2D eigenvalue weighted by molar-refractivity contribution is -0.114. The number of hydrogen-bond donors (Lipinski definition) is 1. The van der Waals surface area contributed by atoms with E-state index < -0.39 is 23.0 Å². The Balaban J connectivity index is 1.53. The minimum Gasteiger partial charge on any atom is -0.468 e. The largest absolute Gasteiger partial charge is 0.468 e. The van der Waals surface area contributed by atoms with E-state index >= 15 is 0 Å². The number of alkyl halides is 3. The van der Waals surface area contributed by atoms with Gasteiger partial charge in [0.1, 0.15) is 11.5 Å². The number of carbonyl (C=O) groups is 1. The first kappa shape index (κ1) is 18.6. The molecule has 0 fully saturated rings. The van der Waals surface area contributed by atoms with Crippen molar-refractivity contribution in [1.29, 1.82) is 5.41 Å². The Morgan fingerprint density at radius 3 is 2.86 bits per heavy atom. The lowest BCUT2D eigenvalue weighted by Gasteiger charge is -2.19. The maximum absolute atomic E-state index is 12.8. The highest BCUT2D eigenvalue weighted by molar-refractivity contribution is 8.27. The summed E-state index contributed by atoms with van der Waals surface area (Å²) in [6, 6.07) is 6.85. The first-order valence-electron chi connectivity index (χ1n) is 7.64. The number of carbonyl (C=O) groups excluding carboxylic acids is 1. The summed E-state index contributed by atoms with van der Waals surface area (Å²) < 4.78 is 49.3. The van der Waals surface area contributed by atoms with Gasteiger partial charge in [-0.3, -0.25) is 10.2 Å². The number of hydrazone groups is 1. The van der Waals surface area contributed by atoms with E-state index in [1.54, 1.807) is 24.5 Å².